The molecule has 0 radical (unpaired) electrons. The van der Waals surface area contributed by atoms with Gasteiger partial charge >= 0.3 is 0 Å². The standard InChI is InChI=1S/C22H23ClF2N4O3S2/c1-13-20(11-28(3)12-21(26)30)33-22(27-13)14(2)29(19-10-16(24)6-9-18(19)25)34(31,32)17-7-4-15(23)5-8-17/h4-10,14H,11-12H2,1-3H3,(H2,26,30). The predicted octanol–water partition coefficient (Wildman–Crippen LogP) is 4.26. The van der Waals surface area contributed by atoms with Crippen LogP contribution in [-0.4, -0.2) is 37.8 Å². The maximum Gasteiger partial charge on any atom is 0.265 e. The highest BCUT2D eigenvalue weighted by molar-refractivity contribution is 7.92. The van der Waals surface area contributed by atoms with Gasteiger partial charge in [0.2, 0.25) is 5.91 Å². The van der Waals surface area contributed by atoms with E-state index >= 15 is 0 Å². The number of likely N-dealkylation sites (N-methyl/N-ethyl adjacent to an activating group) is 1. The molecule has 0 aliphatic rings. The van der Waals surface area contributed by atoms with Gasteiger partial charge in [-0.1, -0.05) is 11.6 Å². The number of aryl methyl sites for hydroxylation is 1. The topological polar surface area (TPSA) is 96.6 Å². The number of sulfonamides is 1. The Morgan fingerprint density at radius 2 is 1.85 bits per heavy atom. The summed E-state index contributed by atoms with van der Waals surface area (Å²) in [7, 11) is -2.62. The Balaban J connectivity index is 2.09. The summed E-state index contributed by atoms with van der Waals surface area (Å²) in [5.74, 6) is -2.18. The fraction of sp³-hybridized carbons (Fsp3) is 0.273. The first-order valence-corrected chi connectivity index (χ1v) is 12.7. The van der Waals surface area contributed by atoms with Crippen LogP contribution in [0, 0.1) is 18.6 Å². The molecule has 0 bridgehead atoms. The number of halogens is 3. The number of anilines is 1. The molecule has 1 amide bonds. The Morgan fingerprint density at radius 3 is 2.47 bits per heavy atom. The summed E-state index contributed by atoms with van der Waals surface area (Å²) in [5.41, 5.74) is 5.43. The lowest BCUT2D eigenvalue weighted by Gasteiger charge is -2.29. The number of primary amides is 1. The van der Waals surface area contributed by atoms with Crippen molar-refractivity contribution in [2.45, 2.75) is 31.3 Å². The van der Waals surface area contributed by atoms with E-state index in [9.17, 15) is 22.0 Å². The predicted molar refractivity (Wildman–Crippen MR) is 128 cm³/mol. The molecule has 1 atom stereocenters. The third-order valence-electron chi connectivity index (χ3n) is 4.97. The van der Waals surface area contributed by atoms with Crippen LogP contribution >= 0.6 is 22.9 Å². The van der Waals surface area contributed by atoms with E-state index in [1.54, 1.807) is 25.8 Å². The number of carbonyl (C=O) groups is 1. The van der Waals surface area contributed by atoms with Crippen molar-refractivity contribution in [3.63, 3.8) is 0 Å². The fourth-order valence-corrected chi connectivity index (χ4v) is 6.37. The van der Waals surface area contributed by atoms with Crippen LogP contribution in [0.2, 0.25) is 5.02 Å². The van der Waals surface area contributed by atoms with Gasteiger partial charge in [-0.15, -0.1) is 11.3 Å². The third-order valence-corrected chi connectivity index (χ3v) is 8.44. The van der Waals surface area contributed by atoms with Gasteiger partial charge in [-0.2, -0.15) is 0 Å². The Bertz CT molecular complexity index is 1300. The number of hydrogen-bond acceptors (Lipinski definition) is 6. The molecule has 1 aromatic heterocycles. The quantitative estimate of drug-likeness (QED) is 0.447. The summed E-state index contributed by atoms with van der Waals surface area (Å²) >= 11 is 7.12. The highest BCUT2D eigenvalue weighted by atomic mass is 35.5. The highest BCUT2D eigenvalue weighted by Crippen LogP contribution is 2.37. The summed E-state index contributed by atoms with van der Waals surface area (Å²) in [6.07, 6.45) is 0. The maximum atomic E-state index is 14.8. The largest absolute Gasteiger partial charge is 0.369 e. The molecule has 0 aliphatic carbocycles. The van der Waals surface area contributed by atoms with E-state index in [0.717, 1.165) is 27.4 Å². The zero-order valence-electron chi connectivity index (χ0n) is 18.6. The van der Waals surface area contributed by atoms with E-state index in [0.29, 0.717) is 22.3 Å². The zero-order chi connectivity index (χ0) is 25.2. The van der Waals surface area contributed by atoms with Gasteiger partial charge in [-0.25, -0.2) is 22.2 Å². The molecular formula is C22H23ClF2N4O3S2. The second kappa shape index (κ2) is 10.3. The van der Waals surface area contributed by atoms with Gasteiger partial charge in [0, 0.05) is 22.5 Å². The molecule has 3 rings (SSSR count). The second-order valence-corrected chi connectivity index (χ2v) is 11.1. The SMILES string of the molecule is Cc1nc(C(C)N(c2cc(F)ccc2F)S(=O)(=O)c2ccc(Cl)cc2)sc1CN(C)CC(N)=O. The van der Waals surface area contributed by atoms with Crippen LogP contribution in [0.3, 0.4) is 0 Å². The van der Waals surface area contributed by atoms with E-state index in [-0.39, 0.29) is 11.4 Å². The molecule has 0 saturated heterocycles. The first-order chi connectivity index (χ1) is 15.9. The van der Waals surface area contributed by atoms with Crippen molar-refractivity contribution in [1.82, 2.24) is 9.88 Å². The molecule has 182 valence electrons. The average Bonchev–Trinajstić information content (AvgIpc) is 3.10. The Morgan fingerprint density at radius 1 is 1.21 bits per heavy atom. The van der Waals surface area contributed by atoms with Crippen LogP contribution in [0.4, 0.5) is 14.5 Å². The molecule has 0 saturated carbocycles. The number of nitrogens with two attached hydrogens (primary N) is 1. The van der Waals surface area contributed by atoms with Crippen LogP contribution in [0.1, 0.15) is 28.5 Å². The van der Waals surface area contributed by atoms with Gasteiger partial charge in [0.25, 0.3) is 10.0 Å². The molecular weight excluding hydrogens is 506 g/mol. The third kappa shape index (κ3) is 5.72. The summed E-state index contributed by atoms with van der Waals surface area (Å²) < 4.78 is 57.0. The van der Waals surface area contributed by atoms with Crippen molar-refractivity contribution in [1.29, 1.82) is 0 Å². The molecule has 1 heterocycles. The molecule has 7 nitrogen and oxygen atoms in total. The Kier molecular flexibility index (Phi) is 7.91. The van der Waals surface area contributed by atoms with Gasteiger partial charge in [0.1, 0.15) is 16.6 Å². The number of carbonyl (C=O) groups excluding carboxylic acids is 1. The monoisotopic (exact) mass is 528 g/mol. The zero-order valence-corrected chi connectivity index (χ0v) is 21.0. The minimum absolute atomic E-state index is 0.0355. The summed E-state index contributed by atoms with van der Waals surface area (Å²) in [4.78, 5) is 18.0. The first kappa shape index (κ1) is 26.0. The molecule has 0 aliphatic heterocycles. The summed E-state index contributed by atoms with van der Waals surface area (Å²) in [6, 6.07) is 7.05. The molecule has 0 fully saturated rings. The van der Waals surface area contributed by atoms with E-state index in [2.05, 4.69) is 4.98 Å². The van der Waals surface area contributed by atoms with Gasteiger partial charge in [-0.3, -0.25) is 14.0 Å². The molecule has 3 aromatic rings. The van der Waals surface area contributed by atoms with E-state index in [1.807, 2.05) is 0 Å². The van der Waals surface area contributed by atoms with Crippen LogP contribution in [-0.2, 0) is 21.4 Å². The molecule has 1 unspecified atom stereocenters. The van der Waals surface area contributed by atoms with Crippen LogP contribution in [0.15, 0.2) is 47.4 Å². The number of benzene rings is 2. The lowest BCUT2D eigenvalue weighted by Crippen LogP contribution is -2.34. The molecule has 34 heavy (non-hydrogen) atoms. The minimum atomic E-state index is -4.34. The molecule has 0 spiro atoms. The fourth-order valence-electron chi connectivity index (χ4n) is 3.36. The Labute approximate surface area is 205 Å². The number of amides is 1. The van der Waals surface area contributed by atoms with Crippen molar-refractivity contribution in [3.8, 4) is 0 Å². The Hall–Kier alpha value is -2.60. The smallest absolute Gasteiger partial charge is 0.265 e. The number of hydrogen-bond donors (Lipinski definition) is 1. The van der Waals surface area contributed by atoms with Crippen LogP contribution in [0.5, 0.6) is 0 Å². The van der Waals surface area contributed by atoms with Gasteiger partial charge in [0.15, 0.2) is 0 Å². The second-order valence-electron chi connectivity index (χ2n) is 7.73. The van der Waals surface area contributed by atoms with Crippen LogP contribution in [0.25, 0.3) is 0 Å². The lowest BCUT2D eigenvalue weighted by molar-refractivity contribution is -0.118. The highest BCUT2D eigenvalue weighted by Gasteiger charge is 2.34. The minimum Gasteiger partial charge on any atom is -0.369 e. The maximum absolute atomic E-state index is 14.8. The van der Waals surface area contributed by atoms with Gasteiger partial charge < -0.3 is 5.73 Å². The number of aromatic nitrogens is 1. The van der Waals surface area contributed by atoms with E-state index in [4.69, 9.17) is 17.3 Å². The number of nitrogens with zero attached hydrogens (tertiary/aromatic N) is 3. The van der Waals surface area contributed by atoms with Crippen LogP contribution < -0.4 is 10.0 Å². The van der Waals surface area contributed by atoms with Gasteiger partial charge in [-0.05, 0) is 57.3 Å². The average molecular weight is 529 g/mol. The van der Waals surface area contributed by atoms with Crippen molar-refractivity contribution in [2.75, 3.05) is 17.9 Å². The number of rotatable bonds is 9. The molecule has 2 aromatic carbocycles. The number of thiazole rings is 1. The van der Waals surface area contributed by atoms with Crippen molar-refractivity contribution in [2.24, 2.45) is 5.73 Å². The lowest BCUT2D eigenvalue weighted by atomic mass is 10.2. The normalized spacial score (nSPS) is 12.7. The van der Waals surface area contributed by atoms with Crippen molar-refractivity contribution in [3.05, 3.63) is 74.7 Å². The van der Waals surface area contributed by atoms with Crippen molar-refractivity contribution < 1.29 is 22.0 Å². The van der Waals surface area contributed by atoms with E-state index < -0.39 is 39.3 Å². The summed E-state index contributed by atoms with van der Waals surface area (Å²) in [5, 5.41) is 0.705. The first-order valence-electron chi connectivity index (χ1n) is 10.1. The molecule has 12 heteroatoms. The summed E-state index contributed by atoms with van der Waals surface area (Å²) in [6.45, 7) is 3.69. The molecule has 2 N–H and O–H groups in total. The van der Waals surface area contributed by atoms with E-state index in [1.165, 1.54) is 35.6 Å². The van der Waals surface area contributed by atoms with Gasteiger partial charge in [0.05, 0.1) is 28.9 Å². The van der Waals surface area contributed by atoms with Crippen molar-refractivity contribution >= 4 is 44.6 Å².